The summed E-state index contributed by atoms with van der Waals surface area (Å²) in [6, 6.07) is 2.18. The van der Waals surface area contributed by atoms with Gasteiger partial charge >= 0.3 is 0 Å². The van der Waals surface area contributed by atoms with Gasteiger partial charge in [-0.2, -0.15) is 0 Å². The number of ether oxygens (including phenoxy) is 1. The molecule has 0 aromatic carbocycles. The number of aromatic nitrogens is 4. The average Bonchev–Trinajstić information content (AvgIpc) is 3.02. The van der Waals surface area contributed by atoms with Crippen LogP contribution in [0.3, 0.4) is 0 Å². The van der Waals surface area contributed by atoms with E-state index in [4.69, 9.17) is 4.74 Å². The highest BCUT2D eigenvalue weighted by molar-refractivity contribution is 5.36. The second kappa shape index (κ2) is 4.99. The molecule has 0 saturated carbocycles. The Morgan fingerprint density at radius 2 is 2.39 bits per heavy atom. The third-order valence-electron chi connectivity index (χ3n) is 3.31. The van der Waals surface area contributed by atoms with E-state index in [2.05, 4.69) is 27.4 Å². The van der Waals surface area contributed by atoms with Crippen molar-refractivity contribution < 1.29 is 4.74 Å². The van der Waals surface area contributed by atoms with Gasteiger partial charge in [0.2, 0.25) is 0 Å². The van der Waals surface area contributed by atoms with Gasteiger partial charge in [-0.15, -0.1) is 10.2 Å². The standard InChI is InChI=1S/C12H17N5O/c1-2-4-14-10-7-18-6-9(10)12-16-15-11-3-5-13-8-17(11)12/h3,5,8-10,14H,2,4,6-7H2,1H3. The van der Waals surface area contributed by atoms with E-state index in [1.165, 1.54) is 0 Å². The molecule has 0 bridgehead atoms. The van der Waals surface area contributed by atoms with E-state index in [0.717, 1.165) is 31.0 Å². The fourth-order valence-corrected chi connectivity index (χ4v) is 2.36. The minimum atomic E-state index is 0.246. The van der Waals surface area contributed by atoms with Crippen LogP contribution in [-0.4, -0.2) is 45.4 Å². The lowest BCUT2D eigenvalue weighted by Gasteiger charge is -2.17. The van der Waals surface area contributed by atoms with Crippen LogP contribution in [0.1, 0.15) is 25.1 Å². The van der Waals surface area contributed by atoms with Crippen molar-refractivity contribution in [3.63, 3.8) is 0 Å². The van der Waals surface area contributed by atoms with Crippen molar-refractivity contribution in [2.75, 3.05) is 19.8 Å². The number of hydrogen-bond acceptors (Lipinski definition) is 5. The minimum Gasteiger partial charge on any atom is -0.379 e. The number of rotatable bonds is 4. The Hall–Kier alpha value is -1.53. The molecule has 1 aliphatic rings. The molecule has 1 N–H and O–H groups in total. The van der Waals surface area contributed by atoms with Crippen LogP contribution < -0.4 is 5.32 Å². The van der Waals surface area contributed by atoms with E-state index < -0.39 is 0 Å². The second-order valence-electron chi connectivity index (χ2n) is 4.57. The molecule has 3 rings (SSSR count). The zero-order valence-electron chi connectivity index (χ0n) is 10.4. The summed E-state index contributed by atoms with van der Waals surface area (Å²) >= 11 is 0. The zero-order valence-corrected chi connectivity index (χ0v) is 10.4. The van der Waals surface area contributed by atoms with Crippen molar-refractivity contribution in [1.82, 2.24) is 24.9 Å². The molecule has 2 aromatic heterocycles. The molecule has 2 atom stereocenters. The Kier molecular flexibility index (Phi) is 3.21. The van der Waals surface area contributed by atoms with E-state index in [9.17, 15) is 0 Å². The Balaban J connectivity index is 1.88. The summed E-state index contributed by atoms with van der Waals surface area (Å²) < 4.78 is 7.52. The van der Waals surface area contributed by atoms with E-state index >= 15 is 0 Å². The van der Waals surface area contributed by atoms with Crippen molar-refractivity contribution in [1.29, 1.82) is 0 Å². The van der Waals surface area contributed by atoms with Gasteiger partial charge in [-0.25, -0.2) is 4.98 Å². The number of nitrogens with zero attached hydrogens (tertiary/aromatic N) is 4. The summed E-state index contributed by atoms with van der Waals surface area (Å²) in [6.45, 7) is 4.59. The van der Waals surface area contributed by atoms with E-state index in [1.807, 2.05) is 10.5 Å². The monoisotopic (exact) mass is 247 g/mol. The molecule has 0 radical (unpaired) electrons. The molecule has 1 aliphatic heterocycles. The Morgan fingerprint density at radius 1 is 1.44 bits per heavy atom. The molecule has 6 heteroatoms. The smallest absolute Gasteiger partial charge is 0.163 e. The van der Waals surface area contributed by atoms with Crippen LogP contribution in [-0.2, 0) is 4.74 Å². The van der Waals surface area contributed by atoms with Crippen molar-refractivity contribution in [3.8, 4) is 0 Å². The van der Waals surface area contributed by atoms with Crippen LogP contribution in [0.5, 0.6) is 0 Å². The summed E-state index contributed by atoms with van der Waals surface area (Å²) in [4.78, 5) is 4.13. The second-order valence-corrected chi connectivity index (χ2v) is 4.57. The highest BCUT2D eigenvalue weighted by atomic mass is 16.5. The molecule has 2 unspecified atom stereocenters. The van der Waals surface area contributed by atoms with Gasteiger partial charge in [0.25, 0.3) is 0 Å². The molecule has 1 saturated heterocycles. The first-order valence-corrected chi connectivity index (χ1v) is 6.36. The van der Waals surface area contributed by atoms with Crippen LogP contribution in [0.25, 0.3) is 5.65 Å². The molecule has 2 aromatic rings. The summed E-state index contributed by atoms with van der Waals surface area (Å²) in [6.07, 6.45) is 4.61. The van der Waals surface area contributed by atoms with Gasteiger partial charge in [-0.3, -0.25) is 4.40 Å². The summed E-state index contributed by atoms with van der Waals surface area (Å²) in [5.41, 5.74) is 0.834. The molecule has 1 fully saturated rings. The van der Waals surface area contributed by atoms with Crippen LogP contribution >= 0.6 is 0 Å². The van der Waals surface area contributed by atoms with Crippen LogP contribution in [0.4, 0.5) is 0 Å². The van der Waals surface area contributed by atoms with Crippen molar-refractivity contribution in [2.24, 2.45) is 0 Å². The lowest BCUT2D eigenvalue weighted by atomic mass is 10.0. The van der Waals surface area contributed by atoms with Gasteiger partial charge in [0.05, 0.1) is 19.1 Å². The third kappa shape index (κ3) is 1.97. The quantitative estimate of drug-likeness (QED) is 0.857. The molecule has 0 aliphatic carbocycles. The molecule has 96 valence electrons. The highest BCUT2D eigenvalue weighted by Gasteiger charge is 2.32. The molecule has 6 nitrogen and oxygen atoms in total. The molecular weight excluding hydrogens is 230 g/mol. The fraction of sp³-hybridized carbons (Fsp3) is 0.583. The van der Waals surface area contributed by atoms with Gasteiger partial charge in [0.1, 0.15) is 12.2 Å². The predicted molar refractivity (Wildman–Crippen MR) is 66.4 cm³/mol. The average molecular weight is 247 g/mol. The number of nitrogens with one attached hydrogen (secondary N) is 1. The molecule has 3 heterocycles. The van der Waals surface area contributed by atoms with Gasteiger partial charge in [0.15, 0.2) is 5.65 Å². The zero-order chi connectivity index (χ0) is 12.4. The highest BCUT2D eigenvalue weighted by Crippen LogP contribution is 2.24. The van der Waals surface area contributed by atoms with Crippen LogP contribution in [0.15, 0.2) is 18.6 Å². The van der Waals surface area contributed by atoms with Crippen molar-refractivity contribution >= 4 is 5.65 Å². The first-order valence-electron chi connectivity index (χ1n) is 6.36. The lowest BCUT2D eigenvalue weighted by molar-refractivity contribution is 0.187. The SMILES string of the molecule is CCCNC1COCC1c1nnc2ccncn12. The lowest BCUT2D eigenvalue weighted by Crippen LogP contribution is -2.35. The maximum Gasteiger partial charge on any atom is 0.163 e. The number of fused-ring (bicyclic) bond motifs is 1. The Labute approximate surface area is 105 Å². The Bertz CT molecular complexity index is 526. The first-order chi connectivity index (χ1) is 8.90. The van der Waals surface area contributed by atoms with Gasteiger partial charge < -0.3 is 10.1 Å². The van der Waals surface area contributed by atoms with Crippen LogP contribution in [0.2, 0.25) is 0 Å². The molecule has 0 amide bonds. The van der Waals surface area contributed by atoms with Crippen LogP contribution in [0, 0.1) is 0 Å². The Morgan fingerprint density at radius 3 is 3.28 bits per heavy atom. The number of hydrogen-bond donors (Lipinski definition) is 1. The van der Waals surface area contributed by atoms with Crippen molar-refractivity contribution in [2.45, 2.75) is 25.3 Å². The van der Waals surface area contributed by atoms with Gasteiger partial charge in [-0.05, 0) is 13.0 Å². The maximum atomic E-state index is 5.58. The summed E-state index contributed by atoms with van der Waals surface area (Å²) in [7, 11) is 0. The van der Waals surface area contributed by atoms with Crippen molar-refractivity contribution in [3.05, 3.63) is 24.4 Å². The summed E-state index contributed by atoms with van der Waals surface area (Å²) in [5, 5.41) is 12.0. The van der Waals surface area contributed by atoms with Gasteiger partial charge in [-0.1, -0.05) is 6.92 Å². The third-order valence-corrected chi connectivity index (χ3v) is 3.31. The maximum absolute atomic E-state index is 5.58. The topological polar surface area (TPSA) is 64.3 Å². The summed E-state index contributed by atoms with van der Waals surface area (Å²) in [5.74, 6) is 1.18. The molecule has 0 spiro atoms. The predicted octanol–water partition coefficient (Wildman–Crippen LogP) is 0.606. The molecular formula is C12H17N5O. The minimum absolute atomic E-state index is 0.246. The normalized spacial score (nSPS) is 23.8. The largest absolute Gasteiger partial charge is 0.379 e. The first kappa shape index (κ1) is 11.6. The van der Waals surface area contributed by atoms with E-state index in [1.54, 1.807) is 12.5 Å². The van der Waals surface area contributed by atoms with E-state index in [-0.39, 0.29) is 5.92 Å². The van der Waals surface area contributed by atoms with E-state index in [0.29, 0.717) is 12.6 Å². The fourth-order valence-electron chi connectivity index (χ4n) is 2.36. The van der Waals surface area contributed by atoms with Gasteiger partial charge in [0, 0.05) is 18.3 Å². The molecule has 18 heavy (non-hydrogen) atoms.